The van der Waals surface area contributed by atoms with Gasteiger partial charge in [0, 0.05) is 19.2 Å². The van der Waals surface area contributed by atoms with Crippen molar-refractivity contribution in [1.29, 1.82) is 0 Å². The zero-order chi connectivity index (χ0) is 13.8. The first-order valence-corrected chi connectivity index (χ1v) is 6.49. The predicted molar refractivity (Wildman–Crippen MR) is 80.1 cm³/mol. The molecule has 0 atom stereocenters. The lowest BCUT2D eigenvalue weighted by Gasteiger charge is -2.21. The lowest BCUT2D eigenvalue weighted by atomic mass is 10.1. The molecule has 3 heteroatoms. The Bertz CT molecular complexity index is 595. The number of anilines is 1. The number of hydrogen-bond acceptors (Lipinski definition) is 2. The van der Waals surface area contributed by atoms with Crippen LogP contribution in [0.5, 0.6) is 0 Å². The summed E-state index contributed by atoms with van der Waals surface area (Å²) in [4.78, 5) is 12.8. The van der Waals surface area contributed by atoms with Gasteiger partial charge in [0.05, 0.1) is 10.7 Å². The lowest BCUT2D eigenvalue weighted by molar-refractivity contribution is 0.112. The minimum absolute atomic E-state index is 0.595. The van der Waals surface area contributed by atoms with Crippen LogP contribution in [0.3, 0.4) is 0 Å². The third kappa shape index (κ3) is 3.36. The Balaban J connectivity index is 2.20. The Hall–Kier alpha value is -1.80. The summed E-state index contributed by atoms with van der Waals surface area (Å²) in [5, 5.41) is 0.597. The zero-order valence-electron chi connectivity index (χ0n) is 11.1. The highest BCUT2D eigenvalue weighted by Gasteiger charge is 2.07. The normalized spacial score (nSPS) is 10.3. The van der Waals surface area contributed by atoms with Crippen LogP contribution in [0.25, 0.3) is 0 Å². The Kier molecular flexibility index (Phi) is 4.23. The van der Waals surface area contributed by atoms with Crippen LogP contribution in [-0.2, 0) is 6.54 Å². The molecule has 0 saturated heterocycles. The molecule has 0 bridgehead atoms. The Labute approximate surface area is 118 Å². The summed E-state index contributed by atoms with van der Waals surface area (Å²) in [6, 6.07) is 13.7. The molecule has 0 radical (unpaired) electrons. The summed E-state index contributed by atoms with van der Waals surface area (Å²) >= 11 is 6.20. The molecule has 0 aliphatic carbocycles. The van der Waals surface area contributed by atoms with Crippen molar-refractivity contribution in [2.75, 3.05) is 11.9 Å². The van der Waals surface area contributed by atoms with Crippen LogP contribution >= 0.6 is 11.6 Å². The van der Waals surface area contributed by atoms with E-state index >= 15 is 0 Å². The van der Waals surface area contributed by atoms with Crippen LogP contribution in [0, 0.1) is 6.92 Å². The van der Waals surface area contributed by atoms with E-state index in [9.17, 15) is 4.79 Å². The molecule has 2 rings (SSSR count). The molecular weight excluding hydrogens is 258 g/mol. The van der Waals surface area contributed by atoms with Gasteiger partial charge in [-0.25, -0.2) is 0 Å². The first-order valence-electron chi connectivity index (χ1n) is 6.11. The summed E-state index contributed by atoms with van der Waals surface area (Å²) in [5.41, 5.74) is 4.00. The van der Waals surface area contributed by atoms with E-state index in [4.69, 9.17) is 11.6 Å². The van der Waals surface area contributed by atoms with Gasteiger partial charge in [0.1, 0.15) is 6.29 Å². The van der Waals surface area contributed by atoms with Crippen LogP contribution in [0.15, 0.2) is 42.5 Å². The fraction of sp³-hybridized carbons (Fsp3) is 0.188. The highest BCUT2D eigenvalue weighted by molar-refractivity contribution is 6.33. The molecule has 2 nitrogen and oxygen atoms in total. The maximum absolute atomic E-state index is 10.7. The zero-order valence-corrected chi connectivity index (χ0v) is 11.8. The number of nitrogens with zero attached hydrogens (tertiary/aromatic N) is 1. The van der Waals surface area contributed by atoms with Gasteiger partial charge >= 0.3 is 0 Å². The smallest absolute Gasteiger partial charge is 0.150 e. The molecule has 2 aromatic rings. The van der Waals surface area contributed by atoms with E-state index in [1.54, 1.807) is 12.1 Å². The summed E-state index contributed by atoms with van der Waals surface area (Å²) in [6.07, 6.45) is 0.802. The highest BCUT2D eigenvalue weighted by Crippen LogP contribution is 2.26. The average Bonchev–Trinajstić information content (AvgIpc) is 2.38. The predicted octanol–water partition coefficient (Wildman–Crippen LogP) is 4.10. The second-order valence-electron chi connectivity index (χ2n) is 4.67. The molecule has 0 N–H and O–H groups in total. The number of carbonyl (C=O) groups excluding carboxylic acids is 1. The van der Waals surface area contributed by atoms with Crippen molar-refractivity contribution in [3.63, 3.8) is 0 Å². The quantitative estimate of drug-likeness (QED) is 0.782. The van der Waals surface area contributed by atoms with Crippen molar-refractivity contribution < 1.29 is 4.79 Å². The second-order valence-corrected chi connectivity index (χ2v) is 5.08. The minimum atomic E-state index is 0.595. The van der Waals surface area contributed by atoms with E-state index in [0.29, 0.717) is 10.6 Å². The summed E-state index contributed by atoms with van der Waals surface area (Å²) < 4.78 is 0. The monoisotopic (exact) mass is 273 g/mol. The van der Waals surface area contributed by atoms with E-state index in [-0.39, 0.29) is 0 Å². The molecule has 19 heavy (non-hydrogen) atoms. The van der Waals surface area contributed by atoms with Crippen molar-refractivity contribution in [1.82, 2.24) is 0 Å². The number of aldehydes is 1. The highest BCUT2D eigenvalue weighted by atomic mass is 35.5. The van der Waals surface area contributed by atoms with Gasteiger partial charge in [-0.3, -0.25) is 4.79 Å². The van der Waals surface area contributed by atoms with Gasteiger partial charge in [0.15, 0.2) is 0 Å². The minimum Gasteiger partial charge on any atom is -0.369 e. The molecule has 0 spiro atoms. The largest absolute Gasteiger partial charge is 0.369 e. The SMILES string of the molecule is Cc1cccc(CN(C)c2ccc(C=O)cc2Cl)c1. The summed E-state index contributed by atoms with van der Waals surface area (Å²) in [7, 11) is 1.99. The molecule has 0 fully saturated rings. The Morgan fingerprint density at radius 1 is 1.21 bits per heavy atom. The van der Waals surface area contributed by atoms with Gasteiger partial charge < -0.3 is 4.90 Å². The molecule has 2 aromatic carbocycles. The van der Waals surface area contributed by atoms with Crippen LogP contribution in [0.2, 0.25) is 5.02 Å². The van der Waals surface area contributed by atoms with Crippen molar-refractivity contribution in [2.45, 2.75) is 13.5 Å². The average molecular weight is 274 g/mol. The van der Waals surface area contributed by atoms with Crippen molar-refractivity contribution in [3.8, 4) is 0 Å². The van der Waals surface area contributed by atoms with Crippen molar-refractivity contribution >= 4 is 23.6 Å². The number of carbonyl (C=O) groups is 1. The van der Waals surface area contributed by atoms with Crippen molar-refractivity contribution in [3.05, 3.63) is 64.2 Å². The van der Waals surface area contributed by atoms with Crippen LogP contribution in [0.4, 0.5) is 5.69 Å². The van der Waals surface area contributed by atoms with Crippen LogP contribution in [-0.4, -0.2) is 13.3 Å². The first-order chi connectivity index (χ1) is 9.10. The third-order valence-corrected chi connectivity index (χ3v) is 3.32. The van der Waals surface area contributed by atoms with Crippen molar-refractivity contribution in [2.24, 2.45) is 0 Å². The molecule has 0 aliphatic rings. The van der Waals surface area contributed by atoms with Crippen LogP contribution in [0.1, 0.15) is 21.5 Å². The molecule has 0 unspecified atom stereocenters. The van der Waals surface area contributed by atoms with Gasteiger partial charge in [-0.05, 0) is 30.7 Å². The van der Waals surface area contributed by atoms with E-state index in [0.717, 1.165) is 18.5 Å². The van der Waals surface area contributed by atoms with Gasteiger partial charge in [0.2, 0.25) is 0 Å². The molecule has 0 aromatic heterocycles. The Morgan fingerprint density at radius 2 is 2.00 bits per heavy atom. The third-order valence-electron chi connectivity index (χ3n) is 3.02. The number of rotatable bonds is 4. The fourth-order valence-corrected chi connectivity index (χ4v) is 2.41. The molecule has 98 valence electrons. The molecule has 0 aliphatic heterocycles. The number of halogens is 1. The van der Waals surface area contributed by atoms with Gasteiger partial charge in [-0.1, -0.05) is 41.4 Å². The molecule has 0 heterocycles. The standard InChI is InChI=1S/C16H16ClNO/c1-12-4-3-5-13(8-12)10-18(2)16-7-6-14(11-19)9-15(16)17/h3-9,11H,10H2,1-2H3. The van der Waals surface area contributed by atoms with E-state index in [1.807, 2.05) is 13.1 Å². The van der Waals surface area contributed by atoms with Crippen LogP contribution < -0.4 is 4.90 Å². The van der Waals surface area contributed by atoms with Gasteiger partial charge in [-0.2, -0.15) is 0 Å². The molecular formula is C16H16ClNO. The summed E-state index contributed by atoms with van der Waals surface area (Å²) in [5.74, 6) is 0. The van der Waals surface area contributed by atoms with E-state index in [1.165, 1.54) is 11.1 Å². The molecule has 0 amide bonds. The summed E-state index contributed by atoms with van der Waals surface area (Å²) in [6.45, 7) is 2.86. The van der Waals surface area contributed by atoms with E-state index < -0.39 is 0 Å². The molecule has 0 saturated carbocycles. The van der Waals surface area contributed by atoms with E-state index in [2.05, 4.69) is 36.1 Å². The number of aryl methyl sites for hydroxylation is 1. The second kappa shape index (κ2) is 5.89. The number of benzene rings is 2. The first kappa shape index (κ1) is 13.6. The fourth-order valence-electron chi connectivity index (χ4n) is 2.08. The lowest BCUT2D eigenvalue weighted by Crippen LogP contribution is -2.16. The van der Waals surface area contributed by atoms with Gasteiger partial charge in [0.25, 0.3) is 0 Å². The Morgan fingerprint density at radius 3 is 2.63 bits per heavy atom. The number of hydrogen-bond donors (Lipinski definition) is 0. The van der Waals surface area contributed by atoms with Gasteiger partial charge in [-0.15, -0.1) is 0 Å². The topological polar surface area (TPSA) is 20.3 Å². The maximum atomic E-state index is 10.7. The maximum Gasteiger partial charge on any atom is 0.150 e.